The summed E-state index contributed by atoms with van der Waals surface area (Å²) in [6.45, 7) is 2.10. The summed E-state index contributed by atoms with van der Waals surface area (Å²) in [7, 11) is 0. The second-order valence-electron chi connectivity index (χ2n) is 4.80. The molecule has 0 radical (unpaired) electrons. The minimum absolute atomic E-state index is 0.361. The summed E-state index contributed by atoms with van der Waals surface area (Å²) in [5, 5.41) is 0.783. The van der Waals surface area contributed by atoms with Crippen LogP contribution in [0.4, 0.5) is 0 Å². The van der Waals surface area contributed by atoms with E-state index in [1.807, 2.05) is 12.1 Å². The molecule has 0 aliphatic rings. The molecule has 1 nitrogen and oxygen atoms in total. The SMILES string of the molecule is Cc1ccc(-c2c[se]c(Cc3ccc(Cl)cc3)n2)cc1. The first-order valence-electron chi connectivity index (χ1n) is 6.46. The van der Waals surface area contributed by atoms with Gasteiger partial charge >= 0.3 is 130 Å². The topological polar surface area (TPSA) is 12.9 Å². The number of benzene rings is 2. The minimum atomic E-state index is 0.361. The second-order valence-corrected chi connectivity index (χ2v) is 7.21. The first kappa shape index (κ1) is 13.6. The van der Waals surface area contributed by atoms with E-state index < -0.39 is 0 Å². The third kappa shape index (κ3) is 3.21. The Kier molecular flexibility index (Phi) is 4.07. The summed E-state index contributed by atoms with van der Waals surface area (Å²) in [6, 6.07) is 16.6. The van der Waals surface area contributed by atoms with Crippen molar-refractivity contribution in [1.29, 1.82) is 0 Å². The molecule has 3 rings (SSSR count). The zero-order valence-corrected chi connectivity index (χ0v) is 13.6. The van der Waals surface area contributed by atoms with E-state index in [2.05, 4.69) is 48.3 Å². The number of hydrogen-bond acceptors (Lipinski definition) is 1. The molecule has 2 aromatic carbocycles. The average Bonchev–Trinajstić information content (AvgIpc) is 2.91. The van der Waals surface area contributed by atoms with Crippen LogP contribution >= 0.6 is 11.6 Å². The third-order valence-electron chi connectivity index (χ3n) is 3.17. The first-order valence-corrected chi connectivity index (χ1v) is 8.69. The summed E-state index contributed by atoms with van der Waals surface area (Å²) >= 11 is 6.27. The van der Waals surface area contributed by atoms with Gasteiger partial charge < -0.3 is 0 Å². The third-order valence-corrected chi connectivity index (χ3v) is 5.20. The molecular formula is C17H14ClNSe. The van der Waals surface area contributed by atoms with Gasteiger partial charge in [-0.2, -0.15) is 0 Å². The molecule has 3 aromatic rings. The molecule has 0 aliphatic carbocycles. The number of nitrogens with zero attached hydrogens (tertiary/aromatic N) is 1. The van der Waals surface area contributed by atoms with Crippen LogP contribution in [0.1, 0.15) is 15.7 Å². The van der Waals surface area contributed by atoms with E-state index in [0.29, 0.717) is 14.5 Å². The van der Waals surface area contributed by atoms with Gasteiger partial charge in [-0.25, -0.2) is 0 Å². The van der Waals surface area contributed by atoms with Gasteiger partial charge in [-0.3, -0.25) is 0 Å². The molecule has 20 heavy (non-hydrogen) atoms. The molecule has 0 unspecified atom stereocenters. The quantitative estimate of drug-likeness (QED) is 0.642. The van der Waals surface area contributed by atoms with Crippen LogP contribution in [0.2, 0.25) is 5.02 Å². The molecule has 0 atom stereocenters. The zero-order chi connectivity index (χ0) is 13.9. The molecule has 0 spiro atoms. The fraction of sp³-hybridized carbons (Fsp3) is 0.118. The van der Waals surface area contributed by atoms with Gasteiger partial charge in [0.1, 0.15) is 0 Å². The molecule has 0 saturated carbocycles. The van der Waals surface area contributed by atoms with E-state index in [1.54, 1.807) is 0 Å². The van der Waals surface area contributed by atoms with Crippen molar-refractivity contribution in [1.82, 2.24) is 4.98 Å². The summed E-state index contributed by atoms with van der Waals surface area (Å²) in [4.78, 5) is 7.05. The van der Waals surface area contributed by atoms with Gasteiger partial charge in [-0.15, -0.1) is 0 Å². The molecule has 0 amide bonds. The molecule has 1 heterocycles. The van der Waals surface area contributed by atoms with Crippen molar-refractivity contribution in [3.8, 4) is 11.3 Å². The summed E-state index contributed by atoms with van der Waals surface area (Å²) in [5.74, 6) is 0. The van der Waals surface area contributed by atoms with Crippen LogP contribution in [0.3, 0.4) is 0 Å². The fourth-order valence-corrected chi connectivity index (χ4v) is 3.91. The summed E-state index contributed by atoms with van der Waals surface area (Å²) in [6.07, 6.45) is 0.920. The fourth-order valence-electron chi connectivity index (χ4n) is 2.03. The van der Waals surface area contributed by atoms with E-state index in [4.69, 9.17) is 16.6 Å². The second kappa shape index (κ2) is 5.97. The Morgan fingerprint density at radius 3 is 2.40 bits per heavy atom. The number of rotatable bonds is 3. The van der Waals surface area contributed by atoms with E-state index in [0.717, 1.165) is 17.1 Å². The molecular weight excluding hydrogens is 333 g/mol. The molecule has 0 saturated heterocycles. The Bertz CT molecular complexity index is 699. The monoisotopic (exact) mass is 347 g/mol. The zero-order valence-electron chi connectivity index (χ0n) is 11.1. The molecule has 1 aromatic heterocycles. The first-order chi connectivity index (χ1) is 9.70. The predicted molar refractivity (Wildman–Crippen MR) is 85.6 cm³/mol. The molecule has 0 bridgehead atoms. The van der Waals surface area contributed by atoms with Crippen molar-refractivity contribution in [3.05, 3.63) is 74.2 Å². The number of halogens is 1. The summed E-state index contributed by atoms with van der Waals surface area (Å²) < 4.78 is 1.27. The van der Waals surface area contributed by atoms with Gasteiger partial charge in [-0.1, -0.05) is 0 Å². The maximum atomic E-state index is 5.91. The van der Waals surface area contributed by atoms with Gasteiger partial charge in [-0.05, 0) is 0 Å². The Hall–Kier alpha value is -1.34. The molecule has 100 valence electrons. The van der Waals surface area contributed by atoms with Crippen molar-refractivity contribution in [2.45, 2.75) is 13.3 Å². The van der Waals surface area contributed by atoms with Gasteiger partial charge in [0.15, 0.2) is 0 Å². The standard InChI is InChI=1S/C17H14ClNSe/c1-12-2-6-14(7-3-12)16-11-20-17(19-16)10-13-4-8-15(18)9-5-13/h2-9,11H,10H2,1H3. The molecule has 0 N–H and O–H groups in total. The van der Waals surface area contributed by atoms with Crippen LogP contribution in [-0.4, -0.2) is 19.5 Å². The van der Waals surface area contributed by atoms with Crippen LogP contribution in [-0.2, 0) is 6.42 Å². The van der Waals surface area contributed by atoms with Crippen LogP contribution in [0.5, 0.6) is 0 Å². The normalized spacial score (nSPS) is 10.7. The van der Waals surface area contributed by atoms with E-state index in [-0.39, 0.29) is 0 Å². The van der Waals surface area contributed by atoms with Gasteiger partial charge in [0.25, 0.3) is 0 Å². The van der Waals surface area contributed by atoms with Gasteiger partial charge in [0.2, 0.25) is 0 Å². The van der Waals surface area contributed by atoms with Crippen molar-refractivity contribution in [2.75, 3.05) is 0 Å². The molecule has 0 fully saturated rings. The van der Waals surface area contributed by atoms with E-state index >= 15 is 0 Å². The Balaban J connectivity index is 1.80. The van der Waals surface area contributed by atoms with Crippen LogP contribution in [0.15, 0.2) is 53.5 Å². The Labute approximate surface area is 130 Å². The molecule has 0 aliphatic heterocycles. The number of hydrogen-bond donors (Lipinski definition) is 0. The van der Waals surface area contributed by atoms with Crippen LogP contribution < -0.4 is 0 Å². The molecule has 3 heteroatoms. The van der Waals surface area contributed by atoms with E-state index in [9.17, 15) is 0 Å². The van der Waals surface area contributed by atoms with Crippen molar-refractivity contribution < 1.29 is 0 Å². The predicted octanol–water partition coefficient (Wildman–Crippen LogP) is 4.36. The van der Waals surface area contributed by atoms with Crippen molar-refractivity contribution >= 4 is 26.1 Å². The summed E-state index contributed by atoms with van der Waals surface area (Å²) in [5.41, 5.74) is 4.88. The van der Waals surface area contributed by atoms with Crippen LogP contribution in [0, 0.1) is 6.92 Å². The van der Waals surface area contributed by atoms with Crippen LogP contribution in [0.25, 0.3) is 11.3 Å². The van der Waals surface area contributed by atoms with Gasteiger partial charge in [0.05, 0.1) is 0 Å². The number of aryl methyl sites for hydroxylation is 1. The average molecular weight is 347 g/mol. The number of aromatic nitrogens is 1. The maximum absolute atomic E-state index is 5.91. The van der Waals surface area contributed by atoms with Crippen molar-refractivity contribution in [3.63, 3.8) is 0 Å². The van der Waals surface area contributed by atoms with E-state index in [1.165, 1.54) is 21.3 Å². The Morgan fingerprint density at radius 2 is 1.70 bits per heavy atom. The van der Waals surface area contributed by atoms with Gasteiger partial charge in [0, 0.05) is 0 Å². The van der Waals surface area contributed by atoms with Crippen molar-refractivity contribution in [2.24, 2.45) is 0 Å². The Morgan fingerprint density at radius 1 is 1.00 bits per heavy atom.